The van der Waals surface area contributed by atoms with Crippen LogP contribution in [-0.4, -0.2) is 58.5 Å². The van der Waals surface area contributed by atoms with Crippen molar-refractivity contribution in [2.75, 3.05) is 13.7 Å². The summed E-state index contributed by atoms with van der Waals surface area (Å²) in [4.78, 5) is 65.2. The highest BCUT2D eigenvalue weighted by Crippen LogP contribution is 2.51. The van der Waals surface area contributed by atoms with Crippen molar-refractivity contribution in [1.82, 2.24) is 5.32 Å². The minimum atomic E-state index is -2.67. The Labute approximate surface area is 237 Å². The SMILES string of the molecule is COc1ccc(CNCC(C)C)cc1-c1ccc(O)c2c1C[C@H]1C[C@H]3CC(=O)C(C(N)=O)C(=O)[C@@]3(O)C(=O)C1C2=O. The van der Waals surface area contributed by atoms with Gasteiger partial charge in [0.05, 0.1) is 18.6 Å². The van der Waals surface area contributed by atoms with E-state index < -0.39 is 58.3 Å². The summed E-state index contributed by atoms with van der Waals surface area (Å²) in [5.74, 6) is -9.31. The van der Waals surface area contributed by atoms with Crippen LogP contribution in [0.3, 0.4) is 0 Å². The molecule has 0 aliphatic heterocycles. The number of Topliss-reactive ketones (excluding diaryl/α,β-unsaturated/α-hetero) is 4. The van der Waals surface area contributed by atoms with Crippen molar-refractivity contribution in [3.8, 4) is 22.6 Å². The number of phenolic OH excluding ortho intramolecular Hbond substituents is 1. The largest absolute Gasteiger partial charge is 0.507 e. The highest BCUT2D eigenvalue weighted by atomic mass is 16.5. The monoisotopic (exact) mass is 562 g/mol. The summed E-state index contributed by atoms with van der Waals surface area (Å²) < 4.78 is 5.64. The predicted octanol–water partition coefficient (Wildman–Crippen LogP) is 1.75. The first kappa shape index (κ1) is 28.6. The van der Waals surface area contributed by atoms with E-state index in [1.54, 1.807) is 13.2 Å². The molecular weight excluding hydrogens is 528 g/mol. The standard InChI is InChI=1S/C31H34N2O8/c1-14(2)12-33-13-15-4-7-23(41-3)19(8-15)18-5-6-21(34)25-20(18)10-16-9-17-11-22(35)26(30(32)39)29(38)31(17,40)28(37)24(16)27(25)36/h4-8,14,16-17,24,26,33-34,40H,9-13H2,1-3H3,(H2,32,39)/t16-,17+,24?,26?,31+/m1/s1. The van der Waals surface area contributed by atoms with E-state index in [9.17, 15) is 34.2 Å². The van der Waals surface area contributed by atoms with Crippen molar-refractivity contribution in [3.05, 3.63) is 47.0 Å². The van der Waals surface area contributed by atoms with Crippen LogP contribution in [0.2, 0.25) is 0 Å². The van der Waals surface area contributed by atoms with Crippen molar-refractivity contribution in [2.45, 2.75) is 45.3 Å². The lowest BCUT2D eigenvalue weighted by atomic mass is 9.53. The molecule has 0 spiro atoms. The van der Waals surface area contributed by atoms with Gasteiger partial charge in [-0.1, -0.05) is 26.0 Å². The van der Waals surface area contributed by atoms with Gasteiger partial charge < -0.3 is 26.0 Å². The van der Waals surface area contributed by atoms with Crippen molar-refractivity contribution >= 4 is 29.0 Å². The van der Waals surface area contributed by atoms with Crippen LogP contribution in [0, 0.1) is 29.6 Å². The van der Waals surface area contributed by atoms with Crippen LogP contribution in [0.5, 0.6) is 11.5 Å². The Morgan fingerprint density at radius 2 is 1.83 bits per heavy atom. The number of nitrogens with two attached hydrogens (primary N) is 1. The van der Waals surface area contributed by atoms with Crippen LogP contribution in [0.4, 0.5) is 0 Å². The number of phenols is 1. The van der Waals surface area contributed by atoms with Crippen molar-refractivity contribution < 1.29 is 38.9 Å². The number of rotatable bonds is 7. The van der Waals surface area contributed by atoms with E-state index in [-0.39, 0.29) is 30.6 Å². The molecular formula is C31H34N2O8. The van der Waals surface area contributed by atoms with Crippen LogP contribution in [-0.2, 0) is 32.1 Å². The van der Waals surface area contributed by atoms with Gasteiger partial charge in [-0.15, -0.1) is 0 Å². The third kappa shape index (κ3) is 4.55. The number of aromatic hydroxyl groups is 1. The zero-order chi connectivity index (χ0) is 29.8. The zero-order valence-electron chi connectivity index (χ0n) is 23.2. The Morgan fingerprint density at radius 1 is 1.10 bits per heavy atom. The van der Waals surface area contributed by atoms with E-state index in [1.165, 1.54) is 6.07 Å². The summed E-state index contributed by atoms with van der Waals surface area (Å²) in [7, 11) is 1.54. The predicted molar refractivity (Wildman–Crippen MR) is 147 cm³/mol. The van der Waals surface area contributed by atoms with E-state index in [4.69, 9.17) is 10.5 Å². The second-order valence-corrected chi connectivity index (χ2v) is 11.8. The molecule has 10 nitrogen and oxygen atoms in total. The zero-order valence-corrected chi connectivity index (χ0v) is 23.2. The molecule has 3 aliphatic rings. The molecule has 2 unspecified atom stereocenters. The summed E-state index contributed by atoms with van der Waals surface area (Å²) in [5, 5.41) is 25.6. The van der Waals surface area contributed by atoms with Crippen molar-refractivity contribution in [2.24, 2.45) is 35.3 Å². The lowest BCUT2D eigenvalue weighted by Gasteiger charge is -2.48. The number of amides is 1. The van der Waals surface area contributed by atoms with Gasteiger partial charge in [-0.25, -0.2) is 0 Å². The van der Waals surface area contributed by atoms with Gasteiger partial charge in [0.15, 0.2) is 34.7 Å². The first-order valence-electron chi connectivity index (χ1n) is 13.8. The van der Waals surface area contributed by atoms with Gasteiger partial charge in [-0.05, 0) is 66.1 Å². The lowest BCUT2D eigenvalue weighted by molar-refractivity contribution is -0.175. The van der Waals surface area contributed by atoms with Gasteiger partial charge in [0.1, 0.15) is 11.5 Å². The number of nitrogens with one attached hydrogen (secondary N) is 1. The summed E-state index contributed by atoms with van der Waals surface area (Å²) >= 11 is 0. The maximum atomic E-state index is 13.9. The van der Waals surface area contributed by atoms with Crippen LogP contribution in [0.1, 0.15) is 48.2 Å². The number of carbonyl (C=O) groups excluding carboxylic acids is 5. The maximum absolute atomic E-state index is 13.9. The van der Waals surface area contributed by atoms with Crippen LogP contribution in [0.15, 0.2) is 30.3 Å². The molecule has 3 aliphatic carbocycles. The number of ketones is 4. The highest BCUT2D eigenvalue weighted by Gasteiger charge is 2.66. The van der Waals surface area contributed by atoms with Crippen molar-refractivity contribution in [3.63, 3.8) is 0 Å². The first-order valence-corrected chi connectivity index (χ1v) is 13.8. The molecule has 2 fully saturated rings. The first-order chi connectivity index (χ1) is 19.4. The van der Waals surface area contributed by atoms with Crippen LogP contribution >= 0.6 is 0 Å². The Balaban J connectivity index is 1.57. The molecule has 0 aromatic heterocycles. The Morgan fingerprint density at radius 3 is 2.49 bits per heavy atom. The lowest BCUT2D eigenvalue weighted by Crippen LogP contribution is -2.68. The molecule has 0 radical (unpaired) electrons. The number of hydrogen-bond donors (Lipinski definition) is 4. The number of aliphatic hydroxyl groups is 1. The normalized spacial score (nSPS) is 27.3. The molecule has 5 N–H and O–H groups in total. The van der Waals surface area contributed by atoms with Crippen LogP contribution < -0.4 is 15.8 Å². The topological polar surface area (TPSA) is 173 Å². The number of primary amides is 1. The second-order valence-electron chi connectivity index (χ2n) is 11.8. The van der Waals surface area contributed by atoms with Gasteiger partial charge >= 0.3 is 0 Å². The molecule has 0 heterocycles. The molecule has 5 atom stereocenters. The number of fused-ring (bicyclic) bond motifs is 3. The van der Waals surface area contributed by atoms with Crippen LogP contribution in [0.25, 0.3) is 11.1 Å². The average molecular weight is 563 g/mol. The fourth-order valence-electron chi connectivity index (χ4n) is 6.80. The fraction of sp³-hybridized carbons (Fsp3) is 0.452. The van der Waals surface area contributed by atoms with Crippen molar-refractivity contribution in [1.29, 1.82) is 0 Å². The highest BCUT2D eigenvalue weighted by molar-refractivity contribution is 6.31. The second kappa shape index (κ2) is 10.5. The van der Waals surface area contributed by atoms with E-state index in [2.05, 4.69) is 19.2 Å². The molecule has 2 saturated carbocycles. The average Bonchev–Trinajstić information content (AvgIpc) is 2.90. The maximum Gasteiger partial charge on any atom is 0.235 e. The van der Waals surface area contributed by atoms with Gasteiger partial charge in [0, 0.05) is 24.4 Å². The molecule has 0 saturated heterocycles. The molecule has 1 amide bonds. The number of benzene rings is 2. The summed E-state index contributed by atoms with van der Waals surface area (Å²) in [5.41, 5.74) is 5.42. The molecule has 41 heavy (non-hydrogen) atoms. The smallest absolute Gasteiger partial charge is 0.235 e. The van der Waals surface area contributed by atoms with Gasteiger partial charge in [-0.2, -0.15) is 0 Å². The molecule has 2 aromatic carbocycles. The summed E-state index contributed by atoms with van der Waals surface area (Å²) in [6, 6.07) is 8.83. The fourth-order valence-corrected chi connectivity index (χ4v) is 6.80. The Hall–Kier alpha value is -3.89. The van der Waals surface area contributed by atoms with Gasteiger partial charge in [0.25, 0.3) is 0 Å². The molecule has 216 valence electrons. The van der Waals surface area contributed by atoms with E-state index in [0.717, 1.165) is 12.1 Å². The molecule has 10 heteroatoms. The minimum absolute atomic E-state index is 0.0342. The van der Waals surface area contributed by atoms with E-state index in [1.807, 2.05) is 18.2 Å². The summed E-state index contributed by atoms with van der Waals surface area (Å²) in [6.45, 7) is 5.68. The Kier molecular flexibility index (Phi) is 7.33. The third-order valence-electron chi connectivity index (χ3n) is 8.72. The molecule has 0 bridgehead atoms. The van der Waals surface area contributed by atoms with Gasteiger partial charge in [0.2, 0.25) is 5.91 Å². The summed E-state index contributed by atoms with van der Waals surface area (Å²) in [6.07, 6.45) is -0.154. The number of methoxy groups -OCH3 is 1. The molecule has 5 rings (SSSR count). The van der Waals surface area contributed by atoms with Gasteiger partial charge in [-0.3, -0.25) is 24.0 Å². The molecule has 2 aromatic rings. The number of ether oxygens (including phenoxy) is 1. The third-order valence-corrected chi connectivity index (χ3v) is 8.72. The quantitative estimate of drug-likeness (QED) is 0.367. The minimum Gasteiger partial charge on any atom is -0.507 e. The number of carbonyl (C=O) groups is 5. The van der Waals surface area contributed by atoms with E-state index >= 15 is 0 Å². The Bertz CT molecular complexity index is 1480. The number of hydrogen-bond acceptors (Lipinski definition) is 9. The van der Waals surface area contributed by atoms with E-state index in [0.29, 0.717) is 34.9 Å².